The van der Waals surface area contributed by atoms with Crippen molar-refractivity contribution in [2.75, 3.05) is 11.1 Å². The minimum absolute atomic E-state index is 0.243. The van der Waals surface area contributed by atoms with Crippen molar-refractivity contribution in [2.24, 2.45) is 0 Å². The molecule has 5 nitrogen and oxygen atoms in total. The van der Waals surface area contributed by atoms with Crippen molar-refractivity contribution >= 4 is 73.7 Å². The van der Waals surface area contributed by atoms with E-state index in [9.17, 15) is 9.59 Å². The van der Waals surface area contributed by atoms with Crippen molar-refractivity contribution in [3.05, 3.63) is 43.0 Å². The van der Waals surface area contributed by atoms with E-state index in [1.807, 2.05) is 0 Å². The highest BCUT2D eigenvalue weighted by Gasteiger charge is 2.18. The highest BCUT2D eigenvalue weighted by atomic mass is 79.9. The first-order valence-corrected chi connectivity index (χ1v) is 8.76. The Balaban J connectivity index is 2.01. The van der Waals surface area contributed by atoms with Crippen LogP contribution in [0.3, 0.4) is 0 Å². The van der Waals surface area contributed by atoms with Crippen LogP contribution in [-0.4, -0.2) is 17.9 Å². The van der Waals surface area contributed by atoms with Gasteiger partial charge in [-0.15, -0.1) is 11.3 Å². The second-order valence-corrected chi connectivity index (χ2v) is 7.92. The maximum atomic E-state index is 12.1. The summed E-state index contributed by atoms with van der Waals surface area (Å²) >= 11 is 16.4. The first kappa shape index (κ1) is 18.1. The molecule has 1 aromatic carbocycles. The summed E-state index contributed by atoms with van der Waals surface area (Å²) in [6.45, 7) is 1.58. The van der Waals surface area contributed by atoms with E-state index in [1.54, 1.807) is 19.1 Å². The third kappa shape index (κ3) is 4.60. The zero-order valence-electron chi connectivity index (χ0n) is 11.8. The molecular weight excluding hydrogens is 425 g/mol. The Morgan fingerprint density at radius 1 is 1.26 bits per heavy atom. The number of nitrogens with one attached hydrogen (secondary N) is 2. The first-order valence-electron chi connectivity index (χ1n) is 6.39. The van der Waals surface area contributed by atoms with Gasteiger partial charge in [0.2, 0.25) is 5.91 Å². The minimum Gasteiger partial charge on any atom is -0.396 e. The second kappa shape index (κ2) is 7.53. The number of halogens is 3. The molecule has 1 atom stereocenters. The zero-order valence-corrected chi connectivity index (χ0v) is 15.7. The van der Waals surface area contributed by atoms with E-state index in [4.69, 9.17) is 28.9 Å². The lowest BCUT2D eigenvalue weighted by atomic mass is 10.2. The van der Waals surface area contributed by atoms with Crippen LogP contribution in [0.1, 0.15) is 16.6 Å². The van der Waals surface area contributed by atoms with E-state index < -0.39 is 11.9 Å². The van der Waals surface area contributed by atoms with Gasteiger partial charge in [-0.2, -0.15) is 0 Å². The number of benzene rings is 1. The van der Waals surface area contributed by atoms with Crippen LogP contribution < -0.4 is 16.4 Å². The number of nitrogens with two attached hydrogens (primary N) is 1. The van der Waals surface area contributed by atoms with Gasteiger partial charge >= 0.3 is 0 Å². The lowest BCUT2D eigenvalue weighted by molar-refractivity contribution is -0.117. The van der Waals surface area contributed by atoms with Gasteiger partial charge in [0.15, 0.2) is 0 Å². The van der Waals surface area contributed by atoms with Crippen LogP contribution in [0.25, 0.3) is 0 Å². The van der Waals surface area contributed by atoms with Crippen molar-refractivity contribution in [1.82, 2.24) is 5.32 Å². The minimum atomic E-state index is -0.738. The molecule has 0 radical (unpaired) electrons. The average Bonchev–Trinajstić information content (AvgIpc) is 2.91. The summed E-state index contributed by atoms with van der Waals surface area (Å²) in [6, 6.07) is 5.69. The van der Waals surface area contributed by atoms with Gasteiger partial charge in [-0.1, -0.05) is 23.2 Å². The predicted molar refractivity (Wildman–Crippen MR) is 98.5 cm³/mol. The lowest BCUT2D eigenvalue weighted by Crippen LogP contribution is -2.41. The summed E-state index contributed by atoms with van der Waals surface area (Å²) in [5.41, 5.74) is 6.29. The summed E-state index contributed by atoms with van der Waals surface area (Å²) in [5, 5.41) is 5.73. The second-order valence-electron chi connectivity index (χ2n) is 4.64. The highest BCUT2D eigenvalue weighted by Crippen LogP contribution is 2.31. The molecule has 2 rings (SSSR count). The number of anilines is 2. The van der Waals surface area contributed by atoms with Crippen LogP contribution in [0.4, 0.5) is 11.4 Å². The van der Waals surface area contributed by atoms with Crippen LogP contribution in [0.5, 0.6) is 0 Å². The first-order chi connectivity index (χ1) is 10.8. The Bertz CT molecular complexity index is 743. The molecular formula is C14H12BrCl2N3O2S. The molecule has 0 aliphatic carbocycles. The number of amides is 2. The van der Waals surface area contributed by atoms with Gasteiger partial charge < -0.3 is 16.4 Å². The summed E-state index contributed by atoms with van der Waals surface area (Å²) in [7, 11) is 0. The van der Waals surface area contributed by atoms with E-state index in [2.05, 4.69) is 26.6 Å². The molecule has 9 heteroatoms. The maximum absolute atomic E-state index is 12.1. The van der Waals surface area contributed by atoms with Crippen LogP contribution in [0.15, 0.2) is 28.1 Å². The Morgan fingerprint density at radius 2 is 1.87 bits per heavy atom. The number of nitrogen functional groups attached to an aromatic ring is 1. The molecule has 2 aromatic rings. The van der Waals surface area contributed by atoms with Gasteiger partial charge in [-0.05, 0) is 47.1 Å². The van der Waals surface area contributed by atoms with Crippen molar-refractivity contribution in [1.29, 1.82) is 0 Å². The Morgan fingerprint density at radius 3 is 2.39 bits per heavy atom. The largest absolute Gasteiger partial charge is 0.396 e. The molecule has 1 unspecified atom stereocenters. The summed E-state index contributed by atoms with van der Waals surface area (Å²) < 4.78 is 0.839. The Hall–Kier alpha value is -1.28. The normalized spacial score (nSPS) is 11.8. The van der Waals surface area contributed by atoms with E-state index in [0.29, 0.717) is 10.6 Å². The van der Waals surface area contributed by atoms with Crippen molar-refractivity contribution < 1.29 is 9.59 Å². The maximum Gasteiger partial charge on any atom is 0.262 e. The van der Waals surface area contributed by atoms with Gasteiger partial charge in [0.1, 0.15) is 6.04 Å². The number of carbonyl (C=O) groups is 2. The zero-order chi connectivity index (χ0) is 17.1. The fourth-order valence-electron chi connectivity index (χ4n) is 1.68. The van der Waals surface area contributed by atoms with E-state index >= 15 is 0 Å². The van der Waals surface area contributed by atoms with Crippen LogP contribution in [0, 0.1) is 0 Å². The third-order valence-corrected chi connectivity index (χ3v) is 5.13. The number of hydrogen-bond donors (Lipinski definition) is 3. The standard InChI is InChI=1S/C14H12BrCl2N3O2S/c1-6(19-14(22)10-2-3-11(15)23-10)13(21)20-7-4-8(16)12(18)9(17)5-7/h2-6H,18H2,1H3,(H,19,22)(H,20,21). The van der Waals surface area contributed by atoms with E-state index in [-0.39, 0.29) is 21.6 Å². The molecule has 4 N–H and O–H groups in total. The monoisotopic (exact) mass is 435 g/mol. The predicted octanol–water partition coefficient (Wildman–Crippen LogP) is 4.16. The van der Waals surface area contributed by atoms with E-state index in [0.717, 1.165) is 3.79 Å². The fraction of sp³-hybridized carbons (Fsp3) is 0.143. The SMILES string of the molecule is CC(NC(=O)c1ccc(Br)s1)C(=O)Nc1cc(Cl)c(N)c(Cl)c1. The molecule has 0 bridgehead atoms. The van der Waals surface area contributed by atoms with Crippen LogP contribution >= 0.6 is 50.5 Å². The summed E-state index contributed by atoms with van der Waals surface area (Å²) in [5.74, 6) is -0.720. The number of rotatable bonds is 4. The fourth-order valence-corrected chi connectivity index (χ4v) is 3.45. The molecule has 2 amide bonds. The number of thiophene rings is 1. The highest BCUT2D eigenvalue weighted by molar-refractivity contribution is 9.11. The molecule has 1 heterocycles. The van der Waals surface area contributed by atoms with Crippen LogP contribution in [0.2, 0.25) is 10.0 Å². The summed E-state index contributed by atoms with van der Waals surface area (Å²) in [4.78, 5) is 24.7. The topological polar surface area (TPSA) is 84.2 Å². The van der Waals surface area contributed by atoms with Gasteiger partial charge in [0.05, 0.1) is 24.4 Å². The van der Waals surface area contributed by atoms with Gasteiger partial charge in [-0.3, -0.25) is 9.59 Å². The van der Waals surface area contributed by atoms with Gasteiger partial charge in [0, 0.05) is 5.69 Å². The molecule has 0 saturated heterocycles. The molecule has 0 spiro atoms. The molecule has 0 aliphatic rings. The van der Waals surface area contributed by atoms with Gasteiger partial charge in [-0.25, -0.2) is 0 Å². The molecule has 0 fully saturated rings. The van der Waals surface area contributed by atoms with Crippen molar-refractivity contribution in [2.45, 2.75) is 13.0 Å². The summed E-state index contributed by atoms with van der Waals surface area (Å²) in [6.07, 6.45) is 0. The third-order valence-electron chi connectivity index (χ3n) is 2.88. The molecule has 0 aliphatic heterocycles. The number of carbonyl (C=O) groups excluding carboxylic acids is 2. The Labute approximate surface area is 155 Å². The quantitative estimate of drug-likeness (QED) is 0.629. The van der Waals surface area contributed by atoms with Crippen LogP contribution in [-0.2, 0) is 4.79 Å². The average molecular weight is 437 g/mol. The molecule has 23 heavy (non-hydrogen) atoms. The molecule has 122 valence electrons. The Kier molecular flexibility index (Phi) is 5.91. The van der Waals surface area contributed by atoms with Gasteiger partial charge in [0.25, 0.3) is 5.91 Å². The van der Waals surface area contributed by atoms with Crippen molar-refractivity contribution in [3.63, 3.8) is 0 Å². The van der Waals surface area contributed by atoms with Crippen molar-refractivity contribution in [3.8, 4) is 0 Å². The smallest absolute Gasteiger partial charge is 0.262 e. The lowest BCUT2D eigenvalue weighted by Gasteiger charge is -2.14. The number of hydrogen-bond acceptors (Lipinski definition) is 4. The molecule has 0 saturated carbocycles. The molecule has 1 aromatic heterocycles. The van der Waals surface area contributed by atoms with E-state index in [1.165, 1.54) is 23.5 Å².